The van der Waals surface area contributed by atoms with Crippen LogP contribution in [0.25, 0.3) is 0 Å². The molecule has 0 saturated carbocycles. The Bertz CT molecular complexity index is 1070. The number of fused-ring (bicyclic) bond motifs is 1. The number of aryl methyl sites for hydroxylation is 1. The maximum atomic E-state index is 12.4. The molecule has 0 unspecified atom stereocenters. The standard InChI is InChI=1S/C21H25N7O2/c1-13-8-17(27-26-13)24-19-11-22-10-18(25-19)23-16-5-4-14-6-7-28(12-15(14)9-16)20(29)21(2,3)30/h4-5,8-11,30H,6-7,12H2,1-3H3,(H3,23,24,25,26,27). The number of aromatic nitrogens is 4. The van der Waals surface area contributed by atoms with Gasteiger partial charge in [0.15, 0.2) is 17.5 Å². The Morgan fingerprint density at radius 2 is 1.90 bits per heavy atom. The van der Waals surface area contributed by atoms with Crippen molar-refractivity contribution in [3.63, 3.8) is 0 Å². The quantitative estimate of drug-likeness (QED) is 0.513. The van der Waals surface area contributed by atoms with Crippen LogP contribution in [-0.4, -0.2) is 48.2 Å². The topological polar surface area (TPSA) is 119 Å². The average molecular weight is 407 g/mol. The van der Waals surface area contributed by atoms with Crippen LogP contribution in [0.1, 0.15) is 30.7 Å². The molecule has 0 saturated heterocycles. The lowest BCUT2D eigenvalue weighted by molar-refractivity contribution is -0.148. The van der Waals surface area contributed by atoms with Gasteiger partial charge in [-0.25, -0.2) is 4.98 Å². The van der Waals surface area contributed by atoms with Gasteiger partial charge in [-0.3, -0.25) is 14.9 Å². The van der Waals surface area contributed by atoms with Crippen molar-refractivity contribution in [1.29, 1.82) is 0 Å². The van der Waals surface area contributed by atoms with E-state index in [4.69, 9.17) is 0 Å². The predicted octanol–water partition coefficient (Wildman–Crippen LogP) is 2.65. The molecule has 0 aliphatic carbocycles. The first-order chi connectivity index (χ1) is 14.3. The number of anilines is 4. The van der Waals surface area contributed by atoms with Crippen LogP contribution in [-0.2, 0) is 17.8 Å². The number of aliphatic hydroxyl groups is 1. The zero-order valence-electron chi connectivity index (χ0n) is 17.2. The van der Waals surface area contributed by atoms with Gasteiger partial charge in [0.1, 0.15) is 5.60 Å². The van der Waals surface area contributed by atoms with Gasteiger partial charge in [0.2, 0.25) is 0 Å². The van der Waals surface area contributed by atoms with Gasteiger partial charge in [-0.05, 0) is 50.5 Å². The molecule has 1 aromatic carbocycles. The summed E-state index contributed by atoms with van der Waals surface area (Å²) < 4.78 is 0. The number of rotatable bonds is 5. The minimum absolute atomic E-state index is 0.259. The molecule has 0 bridgehead atoms. The van der Waals surface area contributed by atoms with E-state index in [0.29, 0.717) is 30.5 Å². The zero-order chi connectivity index (χ0) is 21.3. The van der Waals surface area contributed by atoms with Crippen LogP contribution in [0.2, 0.25) is 0 Å². The summed E-state index contributed by atoms with van der Waals surface area (Å²) in [6, 6.07) is 7.95. The number of carbonyl (C=O) groups is 1. The molecule has 1 amide bonds. The second kappa shape index (κ2) is 7.75. The summed E-state index contributed by atoms with van der Waals surface area (Å²) in [6.45, 7) is 6.04. The highest BCUT2D eigenvalue weighted by Crippen LogP contribution is 2.26. The smallest absolute Gasteiger partial charge is 0.254 e. The number of hydrogen-bond donors (Lipinski definition) is 4. The molecule has 3 heterocycles. The SMILES string of the molecule is Cc1cc(Nc2cncc(Nc3ccc4c(c3)CN(C(=O)C(C)(C)O)CC4)n2)n[nH]1. The number of nitrogens with zero attached hydrogens (tertiary/aromatic N) is 4. The van der Waals surface area contributed by atoms with Crippen molar-refractivity contribution in [2.75, 3.05) is 17.2 Å². The second-order valence-electron chi connectivity index (χ2n) is 7.99. The Morgan fingerprint density at radius 1 is 1.13 bits per heavy atom. The van der Waals surface area contributed by atoms with Crippen LogP contribution in [0.5, 0.6) is 0 Å². The van der Waals surface area contributed by atoms with Gasteiger partial charge in [0, 0.05) is 30.5 Å². The molecule has 156 valence electrons. The van der Waals surface area contributed by atoms with Crippen molar-refractivity contribution < 1.29 is 9.90 Å². The highest BCUT2D eigenvalue weighted by molar-refractivity contribution is 5.84. The monoisotopic (exact) mass is 407 g/mol. The first kappa shape index (κ1) is 19.8. The van der Waals surface area contributed by atoms with Gasteiger partial charge in [-0.2, -0.15) is 5.10 Å². The molecule has 2 aromatic heterocycles. The van der Waals surface area contributed by atoms with Crippen molar-refractivity contribution in [1.82, 2.24) is 25.1 Å². The Balaban J connectivity index is 1.49. The molecule has 1 aliphatic rings. The second-order valence-corrected chi connectivity index (χ2v) is 7.99. The fraction of sp³-hybridized carbons (Fsp3) is 0.333. The summed E-state index contributed by atoms with van der Waals surface area (Å²) in [7, 11) is 0. The number of H-pyrrole nitrogens is 1. The van der Waals surface area contributed by atoms with Crippen LogP contribution in [0.15, 0.2) is 36.7 Å². The molecule has 4 N–H and O–H groups in total. The van der Waals surface area contributed by atoms with Gasteiger partial charge < -0.3 is 20.6 Å². The first-order valence-electron chi connectivity index (χ1n) is 9.79. The van der Waals surface area contributed by atoms with Crippen molar-refractivity contribution in [3.8, 4) is 0 Å². The normalized spacial score (nSPS) is 13.7. The lowest BCUT2D eigenvalue weighted by Crippen LogP contribution is -2.47. The van der Waals surface area contributed by atoms with Crippen molar-refractivity contribution in [2.45, 2.75) is 39.3 Å². The lowest BCUT2D eigenvalue weighted by atomic mass is 9.97. The third kappa shape index (κ3) is 4.41. The Kier molecular flexibility index (Phi) is 5.13. The Hall–Kier alpha value is -3.46. The summed E-state index contributed by atoms with van der Waals surface area (Å²) >= 11 is 0. The molecular formula is C21H25N7O2. The molecule has 30 heavy (non-hydrogen) atoms. The number of aromatic amines is 1. The number of benzene rings is 1. The molecule has 4 rings (SSSR count). The summed E-state index contributed by atoms with van der Waals surface area (Å²) in [5.74, 6) is 1.58. The molecule has 3 aromatic rings. The average Bonchev–Trinajstić information content (AvgIpc) is 3.11. The predicted molar refractivity (Wildman–Crippen MR) is 114 cm³/mol. The van der Waals surface area contributed by atoms with E-state index in [1.807, 2.05) is 25.1 Å². The number of nitrogens with one attached hydrogen (secondary N) is 3. The fourth-order valence-corrected chi connectivity index (χ4v) is 3.44. The third-order valence-electron chi connectivity index (χ3n) is 4.90. The molecule has 0 atom stereocenters. The summed E-state index contributed by atoms with van der Waals surface area (Å²) in [5, 5.41) is 23.4. The van der Waals surface area contributed by atoms with Gasteiger partial charge in [0.05, 0.1) is 12.4 Å². The van der Waals surface area contributed by atoms with Crippen molar-refractivity contribution in [3.05, 3.63) is 53.5 Å². The van der Waals surface area contributed by atoms with Crippen LogP contribution in [0.4, 0.5) is 23.1 Å². The number of hydrogen-bond acceptors (Lipinski definition) is 7. The van der Waals surface area contributed by atoms with Crippen LogP contribution >= 0.6 is 0 Å². The summed E-state index contributed by atoms with van der Waals surface area (Å²) in [5.41, 5.74) is 2.69. The van der Waals surface area contributed by atoms with Crippen LogP contribution in [0, 0.1) is 6.92 Å². The van der Waals surface area contributed by atoms with Gasteiger partial charge in [0.25, 0.3) is 5.91 Å². The van der Waals surface area contributed by atoms with E-state index in [1.165, 1.54) is 19.4 Å². The van der Waals surface area contributed by atoms with E-state index >= 15 is 0 Å². The number of amides is 1. The lowest BCUT2D eigenvalue weighted by Gasteiger charge is -2.33. The van der Waals surface area contributed by atoms with E-state index in [0.717, 1.165) is 23.4 Å². The van der Waals surface area contributed by atoms with E-state index in [9.17, 15) is 9.90 Å². The first-order valence-corrected chi connectivity index (χ1v) is 9.79. The summed E-state index contributed by atoms with van der Waals surface area (Å²) in [6.07, 6.45) is 4.03. The van der Waals surface area contributed by atoms with E-state index in [2.05, 4.69) is 36.9 Å². The fourth-order valence-electron chi connectivity index (χ4n) is 3.44. The molecule has 1 aliphatic heterocycles. The molecule has 9 nitrogen and oxygen atoms in total. The molecule has 0 radical (unpaired) electrons. The Morgan fingerprint density at radius 3 is 2.60 bits per heavy atom. The maximum absolute atomic E-state index is 12.4. The van der Waals surface area contributed by atoms with Crippen molar-refractivity contribution >= 4 is 29.0 Å². The largest absolute Gasteiger partial charge is 0.381 e. The maximum Gasteiger partial charge on any atom is 0.254 e. The number of carbonyl (C=O) groups excluding carboxylic acids is 1. The third-order valence-corrected chi connectivity index (χ3v) is 4.90. The minimum Gasteiger partial charge on any atom is -0.381 e. The van der Waals surface area contributed by atoms with Crippen molar-refractivity contribution in [2.24, 2.45) is 0 Å². The summed E-state index contributed by atoms with van der Waals surface area (Å²) in [4.78, 5) is 22.9. The van der Waals surface area contributed by atoms with Gasteiger partial charge in [-0.1, -0.05) is 6.07 Å². The zero-order valence-corrected chi connectivity index (χ0v) is 17.2. The van der Waals surface area contributed by atoms with Crippen LogP contribution < -0.4 is 10.6 Å². The van der Waals surface area contributed by atoms with Gasteiger partial charge in [-0.15, -0.1) is 0 Å². The highest BCUT2D eigenvalue weighted by Gasteiger charge is 2.31. The van der Waals surface area contributed by atoms with E-state index < -0.39 is 5.60 Å². The highest BCUT2D eigenvalue weighted by atomic mass is 16.3. The minimum atomic E-state index is -1.37. The molecular weight excluding hydrogens is 382 g/mol. The van der Waals surface area contributed by atoms with E-state index in [-0.39, 0.29) is 5.91 Å². The molecule has 0 fully saturated rings. The molecule has 9 heteroatoms. The Labute approximate surface area is 174 Å². The van der Waals surface area contributed by atoms with E-state index in [1.54, 1.807) is 17.3 Å². The molecule has 0 spiro atoms. The van der Waals surface area contributed by atoms with Gasteiger partial charge >= 0.3 is 0 Å². The van der Waals surface area contributed by atoms with Crippen LogP contribution in [0.3, 0.4) is 0 Å².